The molecular formula is C21H22FN5O3S. The first kappa shape index (κ1) is 22.3. The smallest absolute Gasteiger partial charge is 0.251 e. The lowest BCUT2D eigenvalue weighted by atomic mass is 10.2. The molecule has 0 aliphatic rings. The van der Waals surface area contributed by atoms with Crippen LogP contribution >= 0.6 is 11.8 Å². The van der Waals surface area contributed by atoms with Gasteiger partial charge in [0.25, 0.3) is 5.91 Å². The predicted molar refractivity (Wildman–Crippen MR) is 116 cm³/mol. The quantitative estimate of drug-likeness (QED) is 0.519. The Morgan fingerprint density at radius 1 is 1.19 bits per heavy atom. The van der Waals surface area contributed by atoms with Crippen molar-refractivity contribution in [1.29, 1.82) is 0 Å². The molecule has 0 bridgehead atoms. The number of halogens is 1. The van der Waals surface area contributed by atoms with Crippen molar-refractivity contribution >= 4 is 29.3 Å². The van der Waals surface area contributed by atoms with Gasteiger partial charge in [0.05, 0.1) is 18.9 Å². The summed E-state index contributed by atoms with van der Waals surface area (Å²) in [6.07, 6.45) is 0. The second-order valence-electron chi connectivity index (χ2n) is 6.67. The molecule has 2 N–H and O–H groups in total. The number of benzene rings is 2. The van der Waals surface area contributed by atoms with E-state index in [4.69, 9.17) is 4.74 Å². The molecule has 2 amide bonds. The van der Waals surface area contributed by atoms with Crippen molar-refractivity contribution in [3.63, 3.8) is 0 Å². The third-order valence-electron chi connectivity index (χ3n) is 4.40. The number of nitrogens with one attached hydrogen (secondary N) is 2. The van der Waals surface area contributed by atoms with Crippen LogP contribution in [0.2, 0.25) is 0 Å². The summed E-state index contributed by atoms with van der Waals surface area (Å²) in [5, 5.41) is 14.4. The molecule has 0 radical (unpaired) electrons. The Hall–Kier alpha value is -3.40. The first-order valence-corrected chi connectivity index (χ1v) is 10.4. The number of hydrogen-bond donors (Lipinski definition) is 2. The molecular weight excluding hydrogens is 421 g/mol. The van der Waals surface area contributed by atoms with Crippen LogP contribution in [0.25, 0.3) is 0 Å². The van der Waals surface area contributed by atoms with Crippen LogP contribution in [0, 0.1) is 5.82 Å². The summed E-state index contributed by atoms with van der Waals surface area (Å²) in [7, 11) is 3.32. The zero-order chi connectivity index (χ0) is 22.4. The maximum absolute atomic E-state index is 13.0. The van der Waals surface area contributed by atoms with E-state index in [1.54, 1.807) is 49.9 Å². The topological polar surface area (TPSA) is 98.1 Å². The molecule has 1 aromatic heterocycles. The molecule has 1 atom stereocenters. The summed E-state index contributed by atoms with van der Waals surface area (Å²) in [6, 6.07) is 11.9. The molecule has 0 unspecified atom stereocenters. The zero-order valence-corrected chi connectivity index (χ0v) is 18.1. The number of rotatable bonds is 8. The maximum atomic E-state index is 13.0. The summed E-state index contributed by atoms with van der Waals surface area (Å²) >= 11 is 1.23. The van der Waals surface area contributed by atoms with E-state index in [0.29, 0.717) is 28.0 Å². The van der Waals surface area contributed by atoms with Gasteiger partial charge in [-0.25, -0.2) is 4.39 Å². The Morgan fingerprint density at radius 2 is 1.94 bits per heavy atom. The third kappa shape index (κ3) is 5.82. The monoisotopic (exact) mass is 443 g/mol. The van der Waals surface area contributed by atoms with E-state index in [0.717, 1.165) is 0 Å². The molecule has 31 heavy (non-hydrogen) atoms. The van der Waals surface area contributed by atoms with E-state index in [1.165, 1.54) is 36.0 Å². The molecule has 0 fully saturated rings. The first-order valence-electron chi connectivity index (χ1n) is 9.40. The fourth-order valence-corrected chi connectivity index (χ4v) is 3.52. The SMILES string of the molecule is COc1cccc(NC(=O)CSc2nnc([C@H](C)NC(=O)c3ccc(F)cc3)n2C)c1. The highest BCUT2D eigenvalue weighted by Crippen LogP contribution is 2.21. The van der Waals surface area contributed by atoms with Gasteiger partial charge in [-0.3, -0.25) is 9.59 Å². The fraction of sp³-hybridized carbons (Fsp3) is 0.238. The van der Waals surface area contributed by atoms with Gasteiger partial charge in [0, 0.05) is 24.4 Å². The standard InChI is InChI=1S/C21H22FN5O3S/c1-13(23-20(29)14-7-9-15(22)10-8-14)19-25-26-21(27(19)2)31-12-18(28)24-16-5-4-6-17(11-16)30-3/h4-11,13H,12H2,1-3H3,(H,23,29)(H,24,28)/t13-/m0/s1. The Labute approximate surface area is 183 Å². The summed E-state index contributed by atoms with van der Waals surface area (Å²) in [4.78, 5) is 24.6. The number of amides is 2. The average Bonchev–Trinajstić information content (AvgIpc) is 3.13. The molecule has 0 aliphatic carbocycles. The number of carbonyl (C=O) groups is 2. The molecule has 162 valence electrons. The number of anilines is 1. The van der Waals surface area contributed by atoms with Gasteiger partial charge in [-0.1, -0.05) is 17.8 Å². The molecule has 1 heterocycles. The van der Waals surface area contributed by atoms with Gasteiger partial charge in [0.1, 0.15) is 11.6 Å². The molecule has 3 aromatic rings. The highest BCUT2D eigenvalue weighted by Gasteiger charge is 2.19. The van der Waals surface area contributed by atoms with Gasteiger partial charge >= 0.3 is 0 Å². The summed E-state index contributed by atoms with van der Waals surface area (Å²) in [5.74, 6) is 0.378. The van der Waals surface area contributed by atoms with Gasteiger partial charge in [-0.05, 0) is 43.3 Å². The van der Waals surface area contributed by atoms with Crippen molar-refractivity contribution in [2.75, 3.05) is 18.2 Å². The minimum Gasteiger partial charge on any atom is -0.497 e. The van der Waals surface area contributed by atoms with Gasteiger partial charge in [-0.2, -0.15) is 0 Å². The maximum Gasteiger partial charge on any atom is 0.251 e. The number of carbonyl (C=O) groups excluding carboxylic acids is 2. The van der Waals surface area contributed by atoms with E-state index in [2.05, 4.69) is 20.8 Å². The Bertz CT molecular complexity index is 1070. The molecule has 0 saturated heterocycles. The van der Waals surface area contributed by atoms with Crippen molar-refractivity contribution < 1.29 is 18.7 Å². The summed E-state index contributed by atoms with van der Waals surface area (Å²) < 4.78 is 19.9. The second-order valence-corrected chi connectivity index (χ2v) is 7.61. The van der Waals surface area contributed by atoms with E-state index in [9.17, 15) is 14.0 Å². The summed E-state index contributed by atoms with van der Waals surface area (Å²) in [5.41, 5.74) is 0.986. The fourth-order valence-electron chi connectivity index (χ4n) is 2.80. The van der Waals surface area contributed by atoms with Crippen molar-refractivity contribution in [3.8, 4) is 5.75 Å². The first-order chi connectivity index (χ1) is 14.9. The lowest BCUT2D eigenvalue weighted by molar-refractivity contribution is -0.113. The zero-order valence-electron chi connectivity index (χ0n) is 17.3. The van der Waals surface area contributed by atoms with Crippen molar-refractivity contribution in [1.82, 2.24) is 20.1 Å². The van der Waals surface area contributed by atoms with E-state index < -0.39 is 11.9 Å². The number of ether oxygens (including phenoxy) is 1. The lowest BCUT2D eigenvalue weighted by Gasteiger charge is -2.13. The summed E-state index contributed by atoms with van der Waals surface area (Å²) in [6.45, 7) is 1.77. The number of thioether (sulfide) groups is 1. The predicted octanol–water partition coefficient (Wildman–Crippen LogP) is 3.18. The minimum absolute atomic E-state index is 0.138. The van der Waals surface area contributed by atoms with Crippen molar-refractivity contribution in [3.05, 3.63) is 65.7 Å². The lowest BCUT2D eigenvalue weighted by Crippen LogP contribution is -2.28. The Balaban J connectivity index is 1.57. The highest BCUT2D eigenvalue weighted by atomic mass is 32.2. The second kappa shape index (κ2) is 10.1. The van der Waals surface area contributed by atoms with Crippen LogP contribution in [0.1, 0.15) is 29.1 Å². The van der Waals surface area contributed by atoms with Gasteiger partial charge < -0.3 is 19.9 Å². The molecule has 0 spiro atoms. The average molecular weight is 444 g/mol. The van der Waals surface area contributed by atoms with Crippen LogP contribution in [-0.2, 0) is 11.8 Å². The number of nitrogens with zero attached hydrogens (tertiary/aromatic N) is 3. The van der Waals surface area contributed by atoms with Gasteiger partial charge in [-0.15, -0.1) is 10.2 Å². The number of methoxy groups -OCH3 is 1. The molecule has 8 nitrogen and oxygen atoms in total. The molecule has 2 aromatic carbocycles. The molecule has 3 rings (SSSR count). The van der Waals surface area contributed by atoms with Crippen LogP contribution in [0.15, 0.2) is 53.7 Å². The number of aromatic nitrogens is 3. The van der Waals surface area contributed by atoms with Crippen molar-refractivity contribution in [2.45, 2.75) is 18.1 Å². The minimum atomic E-state index is -0.435. The Kier molecular flexibility index (Phi) is 7.24. The van der Waals surface area contributed by atoms with E-state index >= 15 is 0 Å². The van der Waals surface area contributed by atoms with Crippen LogP contribution in [0.3, 0.4) is 0 Å². The largest absolute Gasteiger partial charge is 0.497 e. The normalized spacial score (nSPS) is 11.6. The molecule has 0 aliphatic heterocycles. The van der Waals surface area contributed by atoms with Gasteiger partial charge in [0.2, 0.25) is 5.91 Å². The van der Waals surface area contributed by atoms with E-state index in [-0.39, 0.29) is 17.6 Å². The number of hydrogen-bond acceptors (Lipinski definition) is 6. The van der Waals surface area contributed by atoms with Crippen molar-refractivity contribution in [2.24, 2.45) is 7.05 Å². The van der Waals surface area contributed by atoms with Gasteiger partial charge in [0.15, 0.2) is 11.0 Å². The highest BCUT2D eigenvalue weighted by molar-refractivity contribution is 7.99. The molecule has 10 heteroatoms. The Morgan fingerprint density at radius 3 is 2.65 bits per heavy atom. The van der Waals surface area contributed by atoms with Crippen LogP contribution in [0.5, 0.6) is 5.75 Å². The van der Waals surface area contributed by atoms with E-state index in [1.807, 2.05) is 0 Å². The van der Waals surface area contributed by atoms with Crippen LogP contribution in [0.4, 0.5) is 10.1 Å². The molecule has 0 saturated carbocycles. The van der Waals surface area contributed by atoms with Crippen LogP contribution in [-0.4, -0.2) is 39.4 Å². The third-order valence-corrected chi connectivity index (χ3v) is 5.42. The van der Waals surface area contributed by atoms with Crippen LogP contribution < -0.4 is 15.4 Å².